The van der Waals surface area contributed by atoms with Crippen molar-refractivity contribution in [2.24, 2.45) is 0 Å². The topological polar surface area (TPSA) is 12.0 Å². The first-order valence-corrected chi connectivity index (χ1v) is 4.45. The summed E-state index contributed by atoms with van der Waals surface area (Å²) < 4.78 is 12.6. The summed E-state index contributed by atoms with van der Waals surface area (Å²) in [6.45, 7) is 2.10. The second kappa shape index (κ2) is 3.30. The van der Waals surface area contributed by atoms with Crippen LogP contribution in [-0.4, -0.2) is 6.04 Å². The Hall–Kier alpha value is -1.15. The third kappa shape index (κ3) is 1.78. The molecule has 0 bridgehead atoms. The molecule has 2 heteroatoms. The smallest absolute Gasteiger partial charge is 0.123 e. The van der Waals surface area contributed by atoms with Crippen molar-refractivity contribution in [1.29, 1.82) is 0 Å². The van der Waals surface area contributed by atoms with E-state index in [0.717, 1.165) is 5.56 Å². The Morgan fingerprint density at radius 1 is 1.15 bits per heavy atom. The fourth-order valence-corrected chi connectivity index (χ4v) is 1.55. The van der Waals surface area contributed by atoms with Crippen LogP contribution in [0.2, 0.25) is 0 Å². The number of hydrogen-bond acceptors (Lipinski definition) is 1. The molecule has 0 aromatic heterocycles. The SMILES string of the molecule is CC1C=CC(c2ccc(F)cc2)N1. The fraction of sp³-hybridized carbons (Fsp3) is 0.273. The lowest BCUT2D eigenvalue weighted by Gasteiger charge is -2.11. The van der Waals surface area contributed by atoms with Crippen LogP contribution in [0, 0.1) is 5.82 Å². The molecule has 1 aromatic rings. The van der Waals surface area contributed by atoms with Gasteiger partial charge in [-0.15, -0.1) is 0 Å². The molecule has 1 nitrogen and oxygen atoms in total. The number of hydrogen-bond donors (Lipinski definition) is 1. The molecule has 0 fully saturated rings. The zero-order chi connectivity index (χ0) is 9.26. The van der Waals surface area contributed by atoms with E-state index in [1.165, 1.54) is 12.1 Å². The summed E-state index contributed by atoms with van der Waals surface area (Å²) in [4.78, 5) is 0. The van der Waals surface area contributed by atoms with E-state index in [1.807, 2.05) is 12.1 Å². The van der Waals surface area contributed by atoms with Gasteiger partial charge < -0.3 is 5.32 Å². The average molecular weight is 177 g/mol. The molecule has 2 unspecified atom stereocenters. The summed E-state index contributed by atoms with van der Waals surface area (Å²) >= 11 is 0. The van der Waals surface area contributed by atoms with Crippen LogP contribution in [0.4, 0.5) is 4.39 Å². The predicted octanol–water partition coefficient (Wildman–Crippen LogP) is 2.41. The highest BCUT2D eigenvalue weighted by Gasteiger charge is 2.14. The molecular formula is C11H12FN. The van der Waals surface area contributed by atoms with Gasteiger partial charge in [-0.3, -0.25) is 0 Å². The van der Waals surface area contributed by atoms with Crippen LogP contribution >= 0.6 is 0 Å². The van der Waals surface area contributed by atoms with Gasteiger partial charge in [-0.05, 0) is 24.6 Å². The van der Waals surface area contributed by atoms with Crippen molar-refractivity contribution in [3.63, 3.8) is 0 Å². The van der Waals surface area contributed by atoms with E-state index in [0.29, 0.717) is 6.04 Å². The van der Waals surface area contributed by atoms with E-state index in [-0.39, 0.29) is 11.9 Å². The van der Waals surface area contributed by atoms with Crippen LogP contribution in [-0.2, 0) is 0 Å². The van der Waals surface area contributed by atoms with Crippen molar-refractivity contribution in [3.05, 3.63) is 47.8 Å². The second-order valence-corrected chi connectivity index (χ2v) is 3.37. The van der Waals surface area contributed by atoms with Crippen LogP contribution in [0.5, 0.6) is 0 Å². The Morgan fingerprint density at radius 2 is 1.85 bits per heavy atom. The van der Waals surface area contributed by atoms with Gasteiger partial charge in [0.1, 0.15) is 5.82 Å². The molecule has 68 valence electrons. The standard InChI is InChI=1S/C11H12FN/c1-8-2-7-11(13-8)9-3-5-10(12)6-4-9/h2-8,11,13H,1H3. The van der Waals surface area contributed by atoms with Crippen molar-refractivity contribution in [1.82, 2.24) is 5.32 Å². The summed E-state index contributed by atoms with van der Waals surface area (Å²) in [5.41, 5.74) is 1.11. The molecular weight excluding hydrogens is 165 g/mol. The van der Waals surface area contributed by atoms with Gasteiger partial charge >= 0.3 is 0 Å². The first kappa shape index (κ1) is 8.45. The molecule has 0 radical (unpaired) electrons. The van der Waals surface area contributed by atoms with Crippen molar-refractivity contribution in [2.75, 3.05) is 0 Å². The van der Waals surface area contributed by atoms with Gasteiger partial charge in [-0.25, -0.2) is 4.39 Å². The van der Waals surface area contributed by atoms with E-state index in [9.17, 15) is 4.39 Å². The number of benzene rings is 1. The highest BCUT2D eigenvalue weighted by molar-refractivity contribution is 5.26. The second-order valence-electron chi connectivity index (χ2n) is 3.37. The largest absolute Gasteiger partial charge is 0.301 e. The minimum atomic E-state index is -0.182. The molecule has 1 aromatic carbocycles. The molecule has 1 N–H and O–H groups in total. The van der Waals surface area contributed by atoms with Crippen LogP contribution in [0.1, 0.15) is 18.5 Å². The molecule has 0 amide bonds. The first-order valence-electron chi connectivity index (χ1n) is 4.45. The van der Waals surface area contributed by atoms with E-state index >= 15 is 0 Å². The maximum absolute atomic E-state index is 12.6. The molecule has 0 saturated carbocycles. The van der Waals surface area contributed by atoms with E-state index in [4.69, 9.17) is 0 Å². The van der Waals surface area contributed by atoms with Crippen molar-refractivity contribution in [3.8, 4) is 0 Å². The van der Waals surface area contributed by atoms with Crippen LogP contribution in [0.25, 0.3) is 0 Å². The number of rotatable bonds is 1. The molecule has 0 spiro atoms. The average Bonchev–Trinajstić information content (AvgIpc) is 2.53. The zero-order valence-electron chi connectivity index (χ0n) is 7.50. The molecule has 1 aliphatic heterocycles. The van der Waals surface area contributed by atoms with Crippen LogP contribution < -0.4 is 5.32 Å². The molecule has 2 atom stereocenters. The number of halogens is 1. The molecule has 13 heavy (non-hydrogen) atoms. The van der Waals surface area contributed by atoms with Gasteiger partial charge in [0, 0.05) is 6.04 Å². The summed E-state index contributed by atoms with van der Waals surface area (Å²) in [5.74, 6) is -0.182. The lowest BCUT2D eigenvalue weighted by atomic mass is 10.1. The summed E-state index contributed by atoms with van der Waals surface area (Å²) in [5, 5.41) is 3.36. The van der Waals surface area contributed by atoms with Crippen molar-refractivity contribution in [2.45, 2.75) is 19.0 Å². The van der Waals surface area contributed by atoms with E-state index < -0.39 is 0 Å². The Morgan fingerprint density at radius 3 is 2.38 bits per heavy atom. The maximum Gasteiger partial charge on any atom is 0.123 e. The molecule has 0 saturated heterocycles. The molecule has 2 rings (SSSR count). The van der Waals surface area contributed by atoms with Gasteiger partial charge in [-0.2, -0.15) is 0 Å². The summed E-state index contributed by atoms with van der Waals surface area (Å²) in [6.07, 6.45) is 4.23. The van der Waals surface area contributed by atoms with Gasteiger partial charge in [-0.1, -0.05) is 24.3 Å². The lowest BCUT2D eigenvalue weighted by molar-refractivity contribution is 0.608. The quantitative estimate of drug-likeness (QED) is 0.649. The predicted molar refractivity (Wildman–Crippen MR) is 50.9 cm³/mol. The minimum absolute atomic E-state index is 0.182. The molecule has 1 heterocycles. The lowest BCUT2D eigenvalue weighted by Crippen LogP contribution is -2.21. The Bertz CT molecular complexity index is 315. The van der Waals surface area contributed by atoms with Gasteiger partial charge in [0.2, 0.25) is 0 Å². The van der Waals surface area contributed by atoms with Gasteiger partial charge in [0.15, 0.2) is 0 Å². The third-order valence-corrected chi connectivity index (χ3v) is 2.26. The van der Waals surface area contributed by atoms with Gasteiger partial charge in [0.05, 0.1) is 6.04 Å². The summed E-state index contributed by atoms with van der Waals surface area (Å²) in [7, 11) is 0. The molecule has 1 aliphatic rings. The highest BCUT2D eigenvalue weighted by Crippen LogP contribution is 2.19. The molecule has 0 aliphatic carbocycles. The van der Waals surface area contributed by atoms with Crippen LogP contribution in [0.15, 0.2) is 36.4 Å². The first-order chi connectivity index (χ1) is 6.25. The third-order valence-electron chi connectivity index (χ3n) is 2.26. The normalized spacial score (nSPS) is 26.6. The zero-order valence-corrected chi connectivity index (χ0v) is 7.50. The van der Waals surface area contributed by atoms with Crippen molar-refractivity contribution >= 4 is 0 Å². The fourth-order valence-electron chi connectivity index (χ4n) is 1.55. The number of nitrogens with one attached hydrogen (secondary N) is 1. The Kier molecular flexibility index (Phi) is 2.15. The highest BCUT2D eigenvalue weighted by atomic mass is 19.1. The van der Waals surface area contributed by atoms with E-state index in [1.54, 1.807) is 0 Å². The maximum atomic E-state index is 12.6. The monoisotopic (exact) mass is 177 g/mol. The Balaban J connectivity index is 2.18. The minimum Gasteiger partial charge on any atom is -0.301 e. The van der Waals surface area contributed by atoms with E-state index in [2.05, 4.69) is 24.4 Å². The van der Waals surface area contributed by atoms with Gasteiger partial charge in [0.25, 0.3) is 0 Å². The van der Waals surface area contributed by atoms with Crippen molar-refractivity contribution < 1.29 is 4.39 Å². The Labute approximate surface area is 77.3 Å². The van der Waals surface area contributed by atoms with Crippen LogP contribution in [0.3, 0.4) is 0 Å². The summed E-state index contributed by atoms with van der Waals surface area (Å²) in [6, 6.07) is 7.28.